The highest BCUT2D eigenvalue weighted by molar-refractivity contribution is 5.81. The first kappa shape index (κ1) is 9.44. The lowest BCUT2D eigenvalue weighted by Crippen LogP contribution is -2.42. The van der Waals surface area contributed by atoms with Gasteiger partial charge in [0.05, 0.1) is 6.61 Å². The number of aliphatic hydroxyl groups excluding tert-OH is 2. The smallest absolute Gasteiger partial charge is 0.251 e. The van der Waals surface area contributed by atoms with Crippen molar-refractivity contribution in [1.82, 2.24) is 5.32 Å². The maximum atomic E-state index is 11.1. The van der Waals surface area contributed by atoms with E-state index in [9.17, 15) is 9.90 Å². The van der Waals surface area contributed by atoms with Crippen LogP contribution in [0.25, 0.3) is 0 Å². The van der Waals surface area contributed by atoms with E-state index in [-0.39, 0.29) is 12.5 Å². The summed E-state index contributed by atoms with van der Waals surface area (Å²) in [6.07, 6.45) is -2.96. The maximum Gasteiger partial charge on any atom is 0.251 e. The van der Waals surface area contributed by atoms with E-state index >= 15 is 0 Å². The monoisotopic (exact) mass is 175 g/mol. The summed E-state index contributed by atoms with van der Waals surface area (Å²) in [7, 11) is 0. The number of likely N-dealkylation sites (N-methyl/N-ethyl adjacent to an activating group) is 1. The van der Waals surface area contributed by atoms with Gasteiger partial charge in [0, 0.05) is 6.54 Å². The fourth-order valence-electron chi connectivity index (χ4n) is 1.11. The topological polar surface area (TPSA) is 78.8 Å². The van der Waals surface area contributed by atoms with Gasteiger partial charge in [0.25, 0.3) is 5.91 Å². The summed E-state index contributed by atoms with van der Waals surface area (Å²) in [6, 6.07) is 0. The molecule has 1 fully saturated rings. The van der Waals surface area contributed by atoms with E-state index in [1.807, 2.05) is 0 Å². The molecule has 5 heteroatoms. The van der Waals surface area contributed by atoms with Crippen LogP contribution in [0.3, 0.4) is 0 Å². The molecule has 0 unspecified atom stereocenters. The fraction of sp³-hybridized carbons (Fsp3) is 0.857. The van der Waals surface area contributed by atoms with E-state index < -0.39 is 18.3 Å². The molecule has 70 valence electrons. The van der Waals surface area contributed by atoms with Crippen LogP contribution < -0.4 is 5.32 Å². The Hall–Kier alpha value is -0.650. The minimum atomic E-state index is -1.10. The van der Waals surface area contributed by atoms with Gasteiger partial charge in [0.15, 0.2) is 6.10 Å². The number of hydrogen-bond donors (Lipinski definition) is 3. The van der Waals surface area contributed by atoms with Crippen LogP contribution in [0.15, 0.2) is 0 Å². The first-order valence-electron chi connectivity index (χ1n) is 3.92. The third kappa shape index (κ3) is 1.74. The van der Waals surface area contributed by atoms with Crippen molar-refractivity contribution in [2.75, 3.05) is 13.2 Å². The quantitative estimate of drug-likeness (QED) is 0.464. The molecule has 0 radical (unpaired) electrons. The van der Waals surface area contributed by atoms with Crippen LogP contribution in [-0.4, -0.2) is 47.6 Å². The molecule has 0 aromatic carbocycles. The van der Waals surface area contributed by atoms with Gasteiger partial charge < -0.3 is 20.3 Å². The number of carbonyl (C=O) groups excluding carboxylic acids is 1. The Kier molecular flexibility index (Phi) is 3.02. The highest BCUT2D eigenvalue weighted by atomic mass is 16.5. The van der Waals surface area contributed by atoms with Gasteiger partial charge in [-0.3, -0.25) is 4.79 Å². The first-order valence-corrected chi connectivity index (χ1v) is 3.92. The lowest BCUT2D eigenvalue weighted by Gasteiger charge is -2.13. The molecule has 0 saturated carbocycles. The summed E-state index contributed by atoms with van der Waals surface area (Å²) < 4.78 is 4.88. The minimum Gasteiger partial charge on any atom is -0.388 e. The van der Waals surface area contributed by atoms with Crippen molar-refractivity contribution in [3.63, 3.8) is 0 Å². The van der Waals surface area contributed by atoms with Crippen LogP contribution in [0.2, 0.25) is 0 Å². The Bertz CT molecular complexity index is 173. The minimum absolute atomic E-state index is 0.0168. The Labute approximate surface area is 70.3 Å². The third-order valence-corrected chi connectivity index (χ3v) is 1.76. The number of rotatable bonds is 2. The molecule has 5 nitrogen and oxygen atoms in total. The fourth-order valence-corrected chi connectivity index (χ4v) is 1.11. The van der Waals surface area contributed by atoms with Crippen LogP contribution in [-0.2, 0) is 9.53 Å². The predicted octanol–water partition coefficient (Wildman–Crippen LogP) is -1.76. The number of ether oxygens (including phenoxy) is 1. The zero-order valence-corrected chi connectivity index (χ0v) is 6.86. The molecule has 1 saturated heterocycles. The average Bonchev–Trinajstić information content (AvgIpc) is 2.34. The zero-order valence-electron chi connectivity index (χ0n) is 6.86. The van der Waals surface area contributed by atoms with Crippen LogP contribution in [0.1, 0.15) is 6.92 Å². The molecule has 3 atom stereocenters. The number of hydrogen-bond acceptors (Lipinski definition) is 4. The second kappa shape index (κ2) is 3.84. The molecule has 12 heavy (non-hydrogen) atoms. The Morgan fingerprint density at radius 3 is 2.75 bits per heavy atom. The lowest BCUT2D eigenvalue weighted by atomic mass is 10.1. The molecule has 0 bridgehead atoms. The van der Waals surface area contributed by atoms with E-state index in [2.05, 4.69) is 5.32 Å². The molecule has 0 aliphatic carbocycles. The zero-order chi connectivity index (χ0) is 9.14. The van der Waals surface area contributed by atoms with Crippen molar-refractivity contribution in [2.45, 2.75) is 25.2 Å². The van der Waals surface area contributed by atoms with E-state index in [1.54, 1.807) is 6.92 Å². The van der Waals surface area contributed by atoms with E-state index in [0.717, 1.165) is 0 Å². The Balaban J connectivity index is 2.47. The lowest BCUT2D eigenvalue weighted by molar-refractivity contribution is -0.133. The largest absolute Gasteiger partial charge is 0.388 e. The molecule has 1 rings (SSSR count). The standard InChI is InChI=1S/C7H13NO4/c1-2-8-7(11)6-5(10)4(9)3-12-6/h4-6,9-10H,2-3H2,1H3,(H,8,11)/t4-,5-,6-/m0/s1. The highest BCUT2D eigenvalue weighted by Gasteiger charge is 2.39. The summed E-state index contributed by atoms with van der Waals surface area (Å²) >= 11 is 0. The molecule has 1 aliphatic heterocycles. The normalized spacial score (nSPS) is 35.1. The van der Waals surface area contributed by atoms with Crippen molar-refractivity contribution in [3.05, 3.63) is 0 Å². The second-order valence-corrected chi connectivity index (χ2v) is 2.71. The molecule has 1 heterocycles. The molecule has 0 aromatic rings. The van der Waals surface area contributed by atoms with Crippen molar-refractivity contribution < 1.29 is 19.7 Å². The summed E-state index contributed by atoms with van der Waals surface area (Å²) in [5.41, 5.74) is 0. The molecule has 1 aliphatic rings. The number of nitrogens with one attached hydrogen (secondary N) is 1. The number of amides is 1. The second-order valence-electron chi connectivity index (χ2n) is 2.71. The molecule has 1 amide bonds. The van der Waals surface area contributed by atoms with E-state index in [0.29, 0.717) is 6.54 Å². The summed E-state index contributed by atoms with van der Waals surface area (Å²) in [5, 5.41) is 20.8. The predicted molar refractivity (Wildman–Crippen MR) is 40.4 cm³/mol. The van der Waals surface area contributed by atoms with E-state index in [1.165, 1.54) is 0 Å². The Morgan fingerprint density at radius 2 is 2.33 bits per heavy atom. The molecule has 0 aromatic heterocycles. The third-order valence-electron chi connectivity index (χ3n) is 1.76. The molecular weight excluding hydrogens is 162 g/mol. The summed E-state index contributed by atoms with van der Waals surface area (Å²) in [6.45, 7) is 2.28. The Morgan fingerprint density at radius 1 is 1.67 bits per heavy atom. The van der Waals surface area contributed by atoms with Gasteiger partial charge in [0.2, 0.25) is 0 Å². The highest BCUT2D eigenvalue weighted by Crippen LogP contribution is 2.13. The van der Waals surface area contributed by atoms with Gasteiger partial charge in [-0.15, -0.1) is 0 Å². The molecule has 3 N–H and O–H groups in total. The SMILES string of the molecule is CCNC(=O)[C@H]1OC[C@H](O)[C@@H]1O. The number of aliphatic hydroxyl groups is 2. The first-order chi connectivity index (χ1) is 5.66. The van der Waals surface area contributed by atoms with Crippen LogP contribution >= 0.6 is 0 Å². The van der Waals surface area contributed by atoms with Crippen LogP contribution in [0.5, 0.6) is 0 Å². The van der Waals surface area contributed by atoms with Crippen LogP contribution in [0, 0.1) is 0 Å². The van der Waals surface area contributed by atoms with Gasteiger partial charge >= 0.3 is 0 Å². The summed E-state index contributed by atoms with van der Waals surface area (Å²) in [4.78, 5) is 11.1. The summed E-state index contributed by atoms with van der Waals surface area (Å²) in [5.74, 6) is -0.374. The van der Waals surface area contributed by atoms with Crippen LogP contribution in [0.4, 0.5) is 0 Å². The van der Waals surface area contributed by atoms with Gasteiger partial charge in [0.1, 0.15) is 12.2 Å². The van der Waals surface area contributed by atoms with Crippen molar-refractivity contribution in [1.29, 1.82) is 0 Å². The van der Waals surface area contributed by atoms with Crippen molar-refractivity contribution >= 4 is 5.91 Å². The number of carbonyl (C=O) groups is 1. The van der Waals surface area contributed by atoms with Gasteiger partial charge in [-0.2, -0.15) is 0 Å². The van der Waals surface area contributed by atoms with Gasteiger partial charge in [-0.25, -0.2) is 0 Å². The van der Waals surface area contributed by atoms with E-state index in [4.69, 9.17) is 9.84 Å². The molecule has 0 spiro atoms. The van der Waals surface area contributed by atoms with Crippen molar-refractivity contribution in [3.8, 4) is 0 Å². The van der Waals surface area contributed by atoms with Gasteiger partial charge in [-0.05, 0) is 6.92 Å². The molecular formula is C7H13NO4. The van der Waals surface area contributed by atoms with Gasteiger partial charge in [-0.1, -0.05) is 0 Å². The maximum absolute atomic E-state index is 11.1. The average molecular weight is 175 g/mol. The van der Waals surface area contributed by atoms with Crippen molar-refractivity contribution in [2.24, 2.45) is 0 Å².